The van der Waals surface area contributed by atoms with Gasteiger partial charge in [-0.1, -0.05) is 39.2 Å². The average Bonchev–Trinajstić information content (AvgIpc) is 2.76. The maximum absolute atomic E-state index is 6.00. The number of aromatic nitrogens is 2. The van der Waals surface area contributed by atoms with Crippen LogP contribution in [0.25, 0.3) is 22.4 Å². The number of imidazole rings is 1. The number of aryl methyl sites for hydroxylation is 1. The fourth-order valence-electron chi connectivity index (χ4n) is 2.06. The number of anilines is 1. The van der Waals surface area contributed by atoms with E-state index in [-0.39, 0.29) is 0 Å². The maximum Gasteiger partial charge on any atom is 0.139 e. The number of nitrogens with one attached hydrogen (secondary N) is 1. The van der Waals surface area contributed by atoms with E-state index in [1.165, 1.54) is 5.56 Å². The van der Waals surface area contributed by atoms with E-state index in [4.69, 9.17) is 17.3 Å². The highest BCUT2D eigenvalue weighted by Gasteiger charge is 2.11. The topological polar surface area (TPSA) is 54.7 Å². The molecule has 1 aromatic heterocycles. The molecule has 0 radical (unpaired) electrons. The second kappa shape index (κ2) is 4.54. The minimum Gasteiger partial charge on any atom is -0.397 e. The number of H-pyrrole nitrogens is 1. The van der Waals surface area contributed by atoms with Crippen LogP contribution in [0.15, 0.2) is 34.8 Å². The van der Waals surface area contributed by atoms with Crippen molar-refractivity contribution < 1.29 is 0 Å². The van der Waals surface area contributed by atoms with Gasteiger partial charge in [0.1, 0.15) is 11.3 Å². The van der Waals surface area contributed by atoms with Crippen LogP contribution in [-0.2, 0) is 0 Å². The molecule has 19 heavy (non-hydrogen) atoms. The molecule has 3 aromatic rings. The van der Waals surface area contributed by atoms with Crippen LogP contribution in [0.4, 0.5) is 5.69 Å². The number of nitrogens with zero attached hydrogens (tertiary/aromatic N) is 1. The van der Waals surface area contributed by atoms with Crippen molar-refractivity contribution in [1.82, 2.24) is 9.97 Å². The minimum absolute atomic E-state index is 0.578. The van der Waals surface area contributed by atoms with Crippen molar-refractivity contribution in [3.05, 3.63) is 45.4 Å². The Morgan fingerprint density at radius 2 is 2.05 bits per heavy atom. The number of benzene rings is 2. The van der Waals surface area contributed by atoms with Gasteiger partial charge in [-0.25, -0.2) is 4.98 Å². The summed E-state index contributed by atoms with van der Waals surface area (Å²) < 4.78 is 0.988. The first-order valence-corrected chi connectivity index (χ1v) is 6.93. The fourth-order valence-corrected chi connectivity index (χ4v) is 2.72. The summed E-state index contributed by atoms with van der Waals surface area (Å²) in [5, 5.41) is 0.600. The summed E-state index contributed by atoms with van der Waals surface area (Å²) in [5.41, 5.74) is 10.3. The van der Waals surface area contributed by atoms with Crippen molar-refractivity contribution >= 4 is 44.3 Å². The lowest BCUT2D eigenvalue weighted by molar-refractivity contribution is 1.31. The molecule has 0 unspecified atom stereocenters. The van der Waals surface area contributed by atoms with E-state index in [1.807, 2.05) is 25.1 Å². The molecule has 3 N–H and O–H groups in total. The molecule has 0 aliphatic rings. The second-order valence-corrected chi connectivity index (χ2v) is 5.75. The van der Waals surface area contributed by atoms with Gasteiger partial charge in [0, 0.05) is 15.1 Å². The van der Waals surface area contributed by atoms with Gasteiger partial charge < -0.3 is 10.7 Å². The predicted molar refractivity (Wildman–Crippen MR) is 83.4 cm³/mol. The van der Waals surface area contributed by atoms with Crippen LogP contribution in [0.1, 0.15) is 5.56 Å². The number of halogens is 2. The molecule has 0 saturated heterocycles. The maximum atomic E-state index is 6.00. The molecule has 5 heteroatoms. The van der Waals surface area contributed by atoms with Gasteiger partial charge in [-0.2, -0.15) is 0 Å². The fraction of sp³-hybridized carbons (Fsp3) is 0.0714. The van der Waals surface area contributed by atoms with Crippen molar-refractivity contribution in [3.63, 3.8) is 0 Å². The Morgan fingerprint density at radius 1 is 1.26 bits per heavy atom. The number of nitrogen functional groups attached to an aromatic ring is 1. The molecule has 0 bridgehead atoms. The standard InChI is InChI=1S/C14H11BrClN3/c1-7-2-3-10(15)9(4-7)14-18-12-6-8(16)5-11(17)13(12)19-14/h2-6H,17H2,1H3,(H,18,19). The molecular formula is C14H11BrClN3. The lowest BCUT2D eigenvalue weighted by Crippen LogP contribution is -1.86. The van der Waals surface area contributed by atoms with Gasteiger partial charge in [-0.15, -0.1) is 0 Å². The number of hydrogen-bond acceptors (Lipinski definition) is 2. The van der Waals surface area contributed by atoms with E-state index in [0.717, 1.165) is 26.9 Å². The van der Waals surface area contributed by atoms with E-state index >= 15 is 0 Å². The zero-order valence-electron chi connectivity index (χ0n) is 10.2. The third-order valence-electron chi connectivity index (χ3n) is 2.96. The number of rotatable bonds is 1. The monoisotopic (exact) mass is 335 g/mol. The highest BCUT2D eigenvalue weighted by atomic mass is 79.9. The van der Waals surface area contributed by atoms with Crippen LogP contribution in [0.2, 0.25) is 5.02 Å². The van der Waals surface area contributed by atoms with Gasteiger partial charge in [0.25, 0.3) is 0 Å². The number of aromatic amines is 1. The van der Waals surface area contributed by atoms with Crippen molar-refractivity contribution in [2.75, 3.05) is 5.73 Å². The van der Waals surface area contributed by atoms with Crippen molar-refractivity contribution in [2.24, 2.45) is 0 Å². The molecule has 0 saturated carbocycles. The molecule has 1 heterocycles. The molecule has 96 valence electrons. The Kier molecular flexibility index (Phi) is 2.99. The first-order valence-electron chi connectivity index (χ1n) is 5.76. The lowest BCUT2D eigenvalue weighted by Gasteiger charge is -2.01. The molecular weight excluding hydrogens is 326 g/mol. The summed E-state index contributed by atoms with van der Waals surface area (Å²) in [6.07, 6.45) is 0. The molecule has 0 fully saturated rings. The molecule has 0 aliphatic heterocycles. The quantitative estimate of drug-likeness (QED) is 0.641. The van der Waals surface area contributed by atoms with Gasteiger partial charge in [0.2, 0.25) is 0 Å². The molecule has 3 rings (SSSR count). The van der Waals surface area contributed by atoms with Crippen LogP contribution >= 0.6 is 27.5 Å². The average molecular weight is 337 g/mol. The minimum atomic E-state index is 0.578. The van der Waals surface area contributed by atoms with E-state index in [2.05, 4.69) is 32.0 Å². The van der Waals surface area contributed by atoms with Gasteiger partial charge in [-0.3, -0.25) is 0 Å². The van der Waals surface area contributed by atoms with Gasteiger partial charge in [0.05, 0.1) is 11.2 Å². The zero-order valence-corrected chi connectivity index (χ0v) is 12.5. The predicted octanol–water partition coefficient (Wildman–Crippen LogP) is 4.54. The van der Waals surface area contributed by atoms with E-state index < -0.39 is 0 Å². The number of fused-ring (bicyclic) bond motifs is 1. The van der Waals surface area contributed by atoms with Crippen LogP contribution in [0.3, 0.4) is 0 Å². The van der Waals surface area contributed by atoms with E-state index in [0.29, 0.717) is 10.7 Å². The zero-order chi connectivity index (χ0) is 13.6. The largest absolute Gasteiger partial charge is 0.397 e. The molecule has 0 aliphatic carbocycles. The van der Waals surface area contributed by atoms with Gasteiger partial charge >= 0.3 is 0 Å². The van der Waals surface area contributed by atoms with E-state index in [1.54, 1.807) is 6.07 Å². The first kappa shape index (κ1) is 12.5. The summed E-state index contributed by atoms with van der Waals surface area (Å²) in [6.45, 7) is 2.05. The Morgan fingerprint density at radius 3 is 2.84 bits per heavy atom. The SMILES string of the molecule is Cc1ccc(Br)c(-c2nc3c(N)cc(Cl)cc3[nH]2)c1. The smallest absolute Gasteiger partial charge is 0.139 e. The summed E-state index contributed by atoms with van der Waals surface area (Å²) >= 11 is 9.54. The number of hydrogen-bond donors (Lipinski definition) is 2. The summed E-state index contributed by atoms with van der Waals surface area (Å²) in [7, 11) is 0. The number of nitrogens with two attached hydrogens (primary N) is 1. The van der Waals surface area contributed by atoms with Crippen molar-refractivity contribution in [1.29, 1.82) is 0 Å². The third-order valence-corrected chi connectivity index (χ3v) is 3.87. The van der Waals surface area contributed by atoms with Crippen molar-refractivity contribution in [2.45, 2.75) is 6.92 Å². The first-order chi connectivity index (χ1) is 9.04. The normalized spacial score (nSPS) is 11.1. The van der Waals surface area contributed by atoms with Crippen LogP contribution < -0.4 is 5.73 Å². The molecule has 0 atom stereocenters. The third kappa shape index (κ3) is 2.22. The highest BCUT2D eigenvalue weighted by Crippen LogP contribution is 2.31. The molecule has 2 aromatic carbocycles. The van der Waals surface area contributed by atoms with Crippen LogP contribution in [-0.4, -0.2) is 9.97 Å². The van der Waals surface area contributed by atoms with Crippen LogP contribution in [0.5, 0.6) is 0 Å². The summed E-state index contributed by atoms with van der Waals surface area (Å²) in [6, 6.07) is 9.66. The molecule has 0 amide bonds. The Balaban J connectivity index is 2.26. The molecule has 3 nitrogen and oxygen atoms in total. The Hall–Kier alpha value is -1.52. The Bertz CT molecular complexity index is 780. The van der Waals surface area contributed by atoms with Gasteiger partial charge in [-0.05, 0) is 31.2 Å². The lowest BCUT2D eigenvalue weighted by atomic mass is 10.1. The van der Waals surface area contributed by atoms with E-state index in [9.17, 15) is 0 Å². The Labute approximate surface area is 123 Å². The highest BCUT2D eigenvalue weighted by molar-refractivity contribution is 9.10. The summed E-state index contributed by atoms with van der Waals surface area (Å²) in [4.78, 5) is 7.81. The summed E-state index contributed by atoms with van der Waals surface area (Å²) in [5.74, 6) is 0.777. The van der Waals surface area contributed by atoms with Crippen molar-refractivity contribution in [3.8, 4) is 11.4 Å². The second-order valence-electron chi connectivity index (χ2n) is 4.46. The van der Waals surface area contributed by atoms with Gasteiger partial charge in [0.15, 0.2) is 0 Å². The van der Waals surface area contributed by atoms with Crippen LogP contribution in [0, 0.1) is 6.92 Å². The molecule has 0 spiro atoms.